The van der Waals surface area contributed by atoms with Gasteiger partial charge < -0.3 is 10.7 Å². The van der Waals surface area contributed by atoms with Gasteiger partial charge in [0.05, 0.1) is 11.3 Å². The Hall–Kier alpha value is -2.03. The van der Waals surface area contributed by atoms with Crippen molar-refractivity contribution in [1.29, 1.82) is 0 Å². The zero-order chi connectivity index (χ0) is 10.8. The molecule has 3 heteroatoms. The van der Waals surface area contributed by atoms with E-state index in [2.05, 4.69) is 4.98 Å². The maximum absolute atomic E-state index is 11.2. The highest BCUT2D eigenvalue weighted by molar-refractivity contribution is 5.99. The highest BCUT2D eigenvalue weighted by Gasteiger charge is 2.11. The molecule has 0 spiro atoms. The molecule has 0 bridgehead atoms. The summed E-state index contributed by atoms with van der Waals surface area (Å²) in [4.78, 5) is 14.2. The van der Waals surface area contributed by atoms with E-state index in [0.717, 1.165) is 16.8 Å². The first kappa shape index (κ1) is 9.52. The number of nitrogens with two attached hydrogens (primary N) is 1. The van der Waals surface area contributed by atoms with E-state index in [4.69, 9.17) is 5.73 Å². The van der Waals surface area contributed by atoms with Gasteiger partial charge in [-0.05, 0) is 18.6 Å². The minimum absolute atomic E-state index is 0.408. The largest absolute Gasteiger partial charge is 0.366 e. The lowest BCUT2D eigenvalue weighted by Crippen LogP contribution is -2.11. The highest BCUT2D eigenvalue weighted by atomic mass is 16.1. The third-order valence-electron chi connectivity index (χ3n) is 2.43. The fraction of sp³-hybridized carbons (Fsp3) is 0.0833. The van der Waals surface area contributed by atoms with Crippen LogP contribution in [-0.2, 0) is 0 Å². The van der Waals surface area contributed by atoms with Crippen LogP contribution in [0, 0.1) is 6.92 Å². The summed E-state index contributed by atoms with van der Waals surface area (Å²) in [5.41, 5.74) is 8.74. The Morgan fingerprint density at radius 1 is 1.27 bits per heavy atom. The van der Waals surface area contributed by atoms with Crippen molar-refractivity contribution in [3.63, 3.8) is 0 Å². The van der Waals surface area contributed by atoms with Crippen molar-refractivity contribution < 1.29 is 4.79 Å². The second kappa shape index (κ2) is 3.61. The number of benzene rings is 1. The monoisotopic (exact) mass is 200 g/mol. The number of hydrogen-bond acceptors (Lipinski definition) is 1. The SMILES string of the molecule is Cc1ccccc1-c1[nH]ccc1C(N)=O. The van der Waals surface area contributed by atoms with E-state index in [-0.39, 0.29) is 0 Å². The minimum Gasteiger partial charge on any atom is -0.366 e. The summed E-state index contributed by atoms with van der Waals surface area (Å²) in [7, 11) is 0. The predicted octanol–water partition coefficient (Wildman–Crippen LogP) is 2.09. The van der Waals surface area contributed by atoms with Gasteiger partial charge in [-0.2, -0.15) is 0 Å². The molecule has 15 heavy (non-hydrogen) atoms. The first-order valence-electron chi connectivity index (χ1n) is 4.73. The van der Waals surface area contributed by atoms with Crippen LogP contribution in [-0.4, -0.2) is 10.9 Å². The van der Waals surface area contributed by atoms with Crippen molar-refractivity contribution in [1.82, 2.24) is 4.98 Å². The molecule has 1 heterocycles. The number of aromatic amines is 1. The highest BCUT2D eigenvalue weighted by Crippen LogP contribution is 2.24. The number of carbonyl (C=O) groups excluding carboxylic acids is 1. The van der Waals surface area contributed by atoms with Crippen LogP contribution < -0.4 is 5.73 Å². The number of H-pyrrole nitrogens is 1. The third kappa shape index (κ3) is 1.64. The van der Waals surface area contributed by atoms with E-state index >= 15 is 0 Å². The number of hydrogen-bond donors (Lipinski definition) is 2. The van der Waals surface area contributed by atoms with E-state index in [9.17, 15) is 4.79 Å². The van der Waals surface area contributed by atoms with Crippen molar-refractivity contribution in [3.05, 3.63) is 47.7 Å². The fourth-order valence-electron chi connectivity index (χ4n) is 1.65. The normalized spacial score (nSPS) is 10.2. The van der Waals surface area contributed by atoms with Crippen LogP contribution in [0.3, 0.4) is 0 Å². The maximum Gasteiger partial charge on any atom is 0.250 e. The Balaban J connectivity index is 2.59. The molecule has 2 aromatic rings. The summed E-state index contributed by atoms with van der Waals surface area (Å²) < 4.78 is 0. The Morgan fingerprint density at radius 3 is 2.67 bits per heavy atom. The van der Waals surface area contributed by atoms with Crippen LogP contribution in [0.1, 0.15) is 15.9 Å². The summed E-state index contributed by atoms with van der Waals surface area (Å²) in [6.45, 7) is 2.00. The van der Waals surface area contributed by atoms with Crippen molar-refractivity contribution in [3.8, 4) is 11.3 Å². The van der Waals surface area contributed by atoms with Crippen LogP contribution in [0.25, 0.3) is 11.3 Å². The summed E-state index contributed by atoms with van der Waals surface area (Å²) in [5, 5.41) is 0. The molecule has 1 aromatic heterocycles. The van der Waals surface area contributed by atoms with E-state index < -0.39 is 5.91 Å². The van der Waals surface area contributed by atoms with Crippen molar-refractivity contribution >= 4 is 5.91 Å². The molecule has 3 nitrogen and oxygen atoms in total. The van der Waals surface area contributed by atoms with Gasteiger partial charge in [0.15, 0.2) is 0 Å². The number of rotatable bonds is 2. The lowest BCUT2D eigenvalue weighted by Gasteiger charge is -2.04. The molecule has 0 fully saturated rings. The van der Waals surface area contributed by atoms with Gasteiger partial charge in [0, 0.05) is 11.8 Å². The van der Waals surface area contributed by atoms with Crippen LogP contribution in [0.4, 0.5) is 0 Å². The second-order valence-corrected chi connectivity index (χ2v) is 3.45. The van der Waals surface area contributed by atoms with Gasteiger partial charge in [-0.1, -0.05) is 24.3 Å². The second-order valence-electron chi connectivity index (χ2n) is 3.45. The molecule has 0 unspecified atom stereocenters. The Morgan fingerprint density at radius 2 is 2.00 bits per heavy atom. The molecule has 1 aromatic carbocycles. The number of primary amides is 1. The Bertz CT molecular complexity index is 500. The third-order valence-corrected chi connectivity index (χ3v) is 2.43. The molecular formula is C12H12N2O. The number of amides is 1. The zero-order valence-electron chi connectivity index (χ0n) is 8.45. The van der Waals surface area contributed by atoms with Crippen molar-refractivity contribution in [2.24, 2.45) is 5.73 Å². The number of nitrogens with one attached hydrogen (secondary N) is 1. The molecule has 0 aliphatic heterocycles. The first-order chi connectivity index (χ1) is 7.20. The first-order valence-corrected chi connectivity index (χ1v) is 4.73. The molecular weight excluding hydrogens is 188 g/mol. The zero-order valence-corrected chi connectivity index (χ0v) is 8.45. The minimum atomic E-state index is -0.408. The van der Waals surface area contributed by atoms with Gasteiger partial charge in [-0.3, -0.25) is 4.79 Å². The van der Waals surface area contributed by atoms with Crippen molar-refractivity contribution in [2.45, 2.75) is 6.92 Å². The van der Waals surface area contributed by atoms with Gasteiger partial charge in [0.1, 0.15) is 0 Å². The molecule has 0 saturated heterocycles. The van der Waals surface area contributed by atoms with Gasteiger partial charge in [0.2, 0.25) is 0 Å². The smallest absolute Gasteiger partial charge is 0.250 e. The molecule has 0 saturated carbocycles. The van der Waals surface area contributed by atoms with E-state index in [1.165, 1.54) is 0 Å². The molecule has 0 aliphatic carbocycles. The molecule has 0 atom stereocenters. The Labute approximate surface area is 87.9 Å². The number of aromatic nitrogens is 1. The van der Waals surface area contributed by atoms with Crippen LogP contribution in [0.15, 0.2) is 36.5 Å². The van der Waals surface area contributed by atoms with E-state index in [0.29, 0.717) is 5.56 Å². The quantitative estimate of drug-likeness (QED) is 0.766. The summed E-state index contributed by atoms with van der Waals surface area (Å²) in [6, 6.07) is 9.57. The van der Waals surface area contributed by atoms with Gasteiger partial charge in [-0.25, -0.2) is 0 Å². The molecule has 3 N–H and O–H groups in total. The van der Waals surface area contributed by atoms with Gasteiger partial charge >= 0.3 is 0 Å². The fourth-order valence-corrected chi connectivity index (χ4v) is 1.65. The lowest BCUT2D eigenvalue weighted by atomic mass is 10.0. The number of aryl methyl sites for hydroxylation is 1. The molecule has 76 valence electrons. The summed E-state index contributed by atoms with van der Waals surface area (Å²) >= 11 is 0. The Kier molecular flexibility index (Phi) is 2.29. The molecule has 0 radical (unpaired) electrons. The molecule has 0 aliphatic rings. The summed E-state index contributed by atoms with van der Waals surface area (Å²) in [5.74, 6) is -0.408. The van der Waals surface area contributed by atoms with Crippen LogP contribution in [0.2, 0.25) is 0 Å². The molecule has 1 amide bonds. The maximum atomic E-state index is 11.2. The van der Waals surface area contributed by atoms with Crippen LogP contribution in [0.5, 0.6) is 0 Å². The van der Waals surface area contributed by atoms with Crippen molar-refractivity contribution in [2.75, 3.05) is 0 Å². The van der Waals surface area contributed by atoms with E-state index in [1.807, 2.05) is 31.2 Å². The lowest BCUT2D eigenvalue weighted by molar-refractivity contribution is 0.100. The molecule has 2 rings (SSSR count). The predicted molar refractivity (Wildman–Crippen MR) is 59.5 cm³/mol. The van der Waals surface area contributed by atoms with Crippen LogP contribution >= 0.6 is 0 Å². The van der Waals surface area contributed by atoms with E-state index in [1.54, 1.807) is 12.3 Å². The number of carbonyl (C=O) groups is 1. The average Bonchev–Trinajstić information content (AvgIpc) is 2.67. The van der Waals surface area contributed by atoms with Gasteiger partial charge in [0.25, 0.3) is 5.91 Å². The van der Waals surface area contributed by atoms with Gasteiger partial charge in [-0.15, -0.1) is 0 Å². The standard InChI is InChI=1S/C12H12N2O/c1-8-4-2-3-5-9(8)11-10(12(13)15)6-7-14-11/h2-7,14H,1H3,(H2,13,15). The summed E-state index contributed by atoms with van der Waals surface area (Å²) in [6.07, 6.45) is 1.72. The average molecular weight is 200 g/mol. The topological polar surface area (TPSA) is 58.9 Å².